The van der Waals surface area contributed by atoms with Gasteiger partial charge in [-0.15, -0.1) is 0 Å². The van der Waals surface area contributed by atoms with Gasteiger partial charge in [0, 0.05) is 38.2 Å². The Morgan fingerprint density at radius 3 is 2.20 bits per heavy atom. The molecule has 2 aliphatic heterocycles. The van der Waals surface area contributed by atoms with E-state index in [1.54, 1.807) is 6.26 Å². The van der Waals surface area contributed by atoms with Crippen molar-refractivity contribution >= 4 is 5.78 Å². The minimum atomic E-state index is -0.641. The Kier molecular flexibility index (Phi) is 5.88. The van der Waals surface area contributed by atoms with Crippen molar-refractivity contribution in [2.45, 2.75) is 24.4 Å². The number of piperazine rings is 1. The smallest absolute Gasteiger partial charge is 0.229 e. The fourth-order valence-electron chi connectivity index (χ4n) is 5.95. The minimum Gasteiger partial charge on any atom is -0.462 e. The maximum atomic E-state index is 14.0. The molecule has 0 amide bonds. The molecule has 3 aliphatic rings. The molecular weight excluding hydrogens is 436 g/mol. The fourth-order valence-corrected chi connectivity index (χ4v) is 5.95. The van der Waals surface area contributed by atoms with Crippen molar-refractivity contribution in [1.29, 1.82) is 0 Å². The van der Waals surface area contributed by atoms with Crippen molar-refractivity contribution < 1.29 is 14.3 Å². The van der Waals surface area contributed by atoms with Crippen LogP contribution in [0.15, 0.2) is 97.0 Å². The summed E-state index contributed by atoms with van der Waals surface area (Å²) in [7, 11) is 0. The third-order valence-corrected chi connectivity index (χ3v) is 7.72. The van der Waals surface area contributed by atoms with Gasteiger partial charge in [0.25, 0.3) is 0 Å². The Hall–Kier alpha value is -3.41. The summed E-state index contributed by atoms with van der Waals surface area (Å²) in [5, 5.41) is 0. The molecule has 5 heteroatoms. The zero-order valence-corrected chi connectivity index (χ0v) is 19.8. The van der Waals surface area contributed by atoms with Crippen LogP contribution < -0.4 is 0 Å². The molecule has 1 fully saturated rings. The van der Waals surface area contributed by atoms with Crippen LogP contribution >= 0.6 is 0 Å². The quantitative estimate of drug-likeness (QED) is 0.539. The van der Waals surface area contributed by atoms with Gasteiger partial charge in [-0.05, 0) is 23.1 Å². The van der Waals surface area contributed by atoms with Crippen LogP contribution in [0.4, 0.5) is 0 Å². The lowest BCUT2D eigenvalue weighted by Gasteiger charge is -2.46. The highest BCUT2D eigenvalue weighted by Gasteiger charge is 2.51. The third-order valence-electron chi connectivity index (χ3n) is 7.72. The van der Waals surface area contributed by atoms with Crippen molar-refractivity contribution in [3.8, 4) is 0 Å². The Labute approximate surface area is 206 Å². The summed E-state index contributed by atoms with van der Waals surface area (Å²) in [5.74, 6) is 1.12. The maximum absolute atomic E-state index is 14.0. The lowest BCUT2D eigenvalue weighted by atomic mass is 9.83. The van der Waals surface area contributed by atoms with Gasteiger partial charge < -0.3 is 9.47 Å². The first-order valence-corrected chi connectivity index (χ1v) is 12.4. The number of nitrogens with zero attached hydrogens (tertiary/aromatic N) is 2. The van der Waals surface area contributed by atoms with Crippen molar-refractivity contribution in [2.75, 3.05) is 33.0 Å². The van der Waals surface area contributed by atoms with Gasteiger partial charge in [-0.3, -0.25) is 14.6 Å². The monoisotopic (exact) mass is 466 g/mol. The van der Waals surface area contributed by atoms with Crippen LogP contribution in [0, 0.1) is 0 Å². The van der Waals surface area contributed by atoms with Crippen molar-refractivity contribution in [2.24, 2.45) is 0 Å². The molecule has 2 heterocycles. The van der Waals surface area contributed by atoms with Gasteiger partial charge in [0.2, 0.25) is 6.79 Å². The molecule has 2 unspecified atom stereocenters. The van der Waals surface area contributed by atoms with Crippen LogP contribution in [0.5, 0.6) is 0 Å². The van der Waals surface area contributed by atoms with E-state index in [1.165, 1.54) is 5.56 Å². The summed E-state index contributed by atoms with van der Waals surface area (Å²) < 4.78 is 11.3. The Balaban J connectivity index is 1.27. The number of ketones is 1. The van der Waals surface area contributed by atoms with Gasteiger partial charge in [-0.25, -0.2) is 0 Å². The summed E-state index contributed by atoms with van der Waals surface area (Å²) in [4.78, 5) is 18.9. The molecule has 5 nitrogen and oxygen atoms in total. The van der Waals surface area contributed by atoms with E-state index in [1.807, 2.05) is 42.5 Å². The molecule has 3 aromatic rings. The van der Waals surface area contributed by atoms with E-state index in [2.05, 4.69) is 52.3 Å². The largest absolute Gasteiger partial charge is 0.462 e. The van der Waals surface area contributed by atoms with Crippen LogP contribution in [0.1, 0.15) is 27.0 Å². The summed E-state index contributed by atoms with van der Waals surface area (Å²) in [5.41, 5.74) is 3.73. The van der Waals surface area contributed by atoms with Gasteiger partial charge in [0.05, 0.1) is 6.04 Å². The fraction of sp³-hybridized carbons (Fsp3) is 0.300. The van der Waals surface area contributed by atoms with E-state index in [0.29, 0.717) is 0 Å². The first-order chi connectivity index (χ1) is 17.3. The third kappa shape index (κ3) is 3.95. The van der Waals surface area contributed by atoms with Gasteiger partial charge in [-0.1, -0.05) is 84.9 Å². The van der Waals surface area contributed by atoms with Crippen LogP contribution in [-0.4, -0.2) is 54.6 Å². The van der Waals surface area contributed by atoms with Crippen LogP contribution in [0.25, 0.3) is 0 Å². The number of carbonyl (C=O) groups is 1. The highest BCUT2D eigenvalue weighted by molar-refractivity contribution is 6.08. The van der Waals surface area contributed by atoms with E-state index >= 15 is 0 Å². The van der Waals surface area contributed by atoms with Crippen LogP contribution in [0.2, 0.25) is 0 Å². The zero-order valence-electron chi connectivity index (χ0n) is 19.8. The second-order valence-corrected chi connectivity index (χ2v) is 9.57. The number of benzene rings is 3. The first kappa shape index (κ1) is 22.1. The number of fused-ring (bicyclic) bond motifs is 1. The molecule has 0 spiro atoms. The van der Waals surface area contributed by atoms with Gasteiger partial charge >= 0.3 is 0 Å². The number of carbonyl (C=O) groups excluding carboxylic acids is 1. The first-order valence-electron chi connectivity index (χ1n) is 12.4. The highest BCUT2D eigenvalue weighted by Crippen LogP contribution is 2.43. The Morgan fingerprint density at radius 2 is 1.51 bits per heavy atom. The van der Waals surface area contributed by atoms with E-state index in [0.717, 1.165) is 61.5 Å². The molecule has 0 radical (unpaired) electrons. The van der Waals surface area contributed by atoms with Crippen molar-refractivity contribution in [3.05, 3.63) is 119 Å². The predicted octanol–water partition coefficient (Wildman–Crippen LogP) is 4.40. The molecule has 0 bridgehead atoms. The lowest BCUT2D eigenvalue weighted by Crippen LogP contribution is -2.60. The molecule has 6 rings (SSSR count). The van der Waals surface area contributed by atoms with E-state index in [9.17, 15) is 4.79 Å². The number of rotatable bonds is 6. The maximum Gasteiger partial charge on any atom is 0.229 e. The number of Topliss-reactive ketones (excluding diaryl/α,β-unsaturated/α-hetero) is 1. The summed E-state index contributed by atoms with van der Waals surface area (Å²) in [6.45, 7) is 3.62. The van der Waals surface area contributed by atoms with Crippen LogP contribution in [-0.2, 0) is 27.9 Å². The molecule has 0 aromatic heterocycles. The average Bonchev–Trinajstić information content (AvgIpc) is 3.56. The molecule has 3 aromatic carbocycles. The van der Waals surface area contributed by atoms with E-state index < -0.39 is 5.54 Å². The topological polar surface area (TPSA) is 42.0 Å². The van der Waals surface area contributed by atoms with E-state index in [4.69, 9.17) is 9.47 Å². The summed E-state index contributed by atoms with van der Waals surface area (Å²) in [6.07, 6.45) is 3.36. The normalized spacial score (nSPS) is 23.3. The standard InChI is InChI=1S/C30H30N2O3/c33-29-26-14-8-7-11-24(26)20-30(29,25-12-5-2-6-13-25)32-17-15-31(16-18-32)27(28-21-34-22-35-28)19-23-9-3-1-4-10-23/h1-14,21,27H,15-20,22H2. The molecule has 0 saturated carbocycles. The second-order valence-electron chi connectivity index (χ2n) is 9.57. The molecule has 2 atom stereocenters. The number of hydrogen-bond acceptors (Lipinski definition) is 5. The molecule has 1 aliphatic carbocycles. The van der Waals surface area contributed by atoms with Crippen molar-refractivity contribution in [3.63, 3.8) is 0 Å². The molecule has 1 saturated heterocycles. The van der Waals surface area contributed by atoms with E-state index in [-0.39, 0.29) is 18.6 Å². The molecule has 178 valence electrons. The van der Waals surface area contributed by atoms with Gasteiger partial charge in [0.15, 0.2) is 11.5 Å². The van der Waals surface area contributed by atoms with Crippen molar-refractivity contribution in [1.82, 2.24) is 9.80 Å². The minimum absolute atomic E-state index is 0.117. The number of hydrogen-bond donors (Lipinski definition) is 0. The summed E-state index contributed by atoms with van der Waals surface area (Å²) >= 11 is 0. The van der Waals surface area contributed by atoms with Gasteiger partial charge in [0.1, 0.15) is 11.8 Å². The lowest BCUT2D eigenvalue weighted by molar-refractivity contribution is 0.0116. The SMILES string of the molecule is O=C1c2ccccc2CC1(c1ccccc1)N1CCN(C(Cc2ccccc2)C2=COCO2)CC1. The average molecular weight is 467 g/mol. The molecule has 35 heavy (non-hydrogen) atoms. The zero-order chi connectivity index (χ0) is 23.7. The molecular formula is C30H30N2O3. The summed E-state index contributed by atoms with van der Waals surface area (Å²) in [6, 6.07) is 29.1. The predicted molar refractivity (Wildman–Crippen MR) is 135 cm³/mol. The van der Waals surface area contributed by atoms with Gasteiger partial charge in [-0.2, -0.15) is 0 Å². The highest BCUT2D eigenvalue weighted by atomic mass is 16.7. The number of ether oxygens (including phenoxy) is 2. The second kappa shape index (κ2) is 9.33. The Bertz CT molecular complexity index is 1220. The Morgan fingerprint density at radius 1 is 0.829 bits per heavy atom. The van der Waals surface area contributed by atoms with Crippen LogP contribution in [0.3, 0.4) is 0 Å². The molecule has 0 N–H and O–H groups in total.